The van der Waals surface area contributed by atoms with E-state index in [0.29, 0.717) is 30.6 Å². The molecule has 0 unspecified atom stereocenters. The van der Waals surface area contributed by atoms with Gasteiger partial charge in [0, 0.05) is 35.9 Å². The Morgan fingerprint density at radius 3 is 2.64 bits per heavy atom. The van der Waals surface area contributed by atoms with Crippen LogP contribution in [0.25, 0.3) is 11.1 Å². The summed E-state index contributed by atoms with van der Waals surface area (Å²) in [6, 6.07) is 9.09. The number of methoxy groups -OCH3 is 1. The van der Waals surface area contributed by atoms with Crippen LogP contribution in [0.5, 0.6) is 17.2 Å². The molecule has 33 heavy (non-hydrogen) atoms. The highest BCUT2D eigenvalue weighted by molar-refractivity contribution is 5.78. The summed E-state index contributed by atoms with van der Waals surface area (Å²) in [5.74, 6) is 0.431. The van der Waals surface area contributed by atoms with Gasteiger partial charge in [0.15, 0.2) is 11.5 Å². The van der Waals surface area contributed by atoms with Crippen LogP contribution < -0.4 is 4.74 Å². The van der Waals surface area contributed by atoms with Crippen molar-refractivity contribution < 1.29 is 24.5 Å². The number of aromatic hydroxyl groups is 2. The second-order valence-electron chi connectivity index (χ2n) is 10.3. The summed E-state index contributed by atoms with van der Waals surface area (Å²) in [5.41, 5.74) is 2.79. The summed E-state index contributed by atoms with van der Waals surface area (Å²) in [7, 11) is 1.53. The van der Waals surface area contributed by atoms with Gasteiger partial charge in [0.05, 0.1) is 7.11 Å². The molecule has 0 aromatic heterocycles. The van der Waals surface area contributed by atoms with Gasteiger partial charge < -0.3 is 19.7 Å². The van der Waals surface area contributed by atoms with Crippen LogP contribution >= 0.6 is 0 Å². The largest absolute Gasteiger partial charge is 0.507 e. The van der Waals surface area contributed by atoms with Crippen LogP contribution in [0.3, 0.4) is 0 Å². The molecule has 2 N–H and O–H groups in total. The number of carbonyl (C=O) groups excluding carboxylic acids is 1. The number of fused-ring (bicyclic) bond motifs is 9. The van der Waals surface area contributed by atoms with Crippen molar-refractivity contribution in [2.75, 3.05) is 13.7 Å². The van der Waals surface area contributed by atoms with Gasteiger partial charge in [0.2, 0.25) is 0 Å². The number of rotatable bonds is 1. The number of hydrogen-bond acceptors (Lipinski definition) is 6. The van der Waals surface area contributed by atoms with Crippen LogP contribution in [0.4, 0.5) is 0 Å². The fourth-order valence-corrected chi connectivity index (χ4v) is 6.54. The van der Waals surface area contributed by atoms with Crippen molar-refractivity contribution in [2.24, 2.45) is 0 Å². The molecule has 0 spiro atoms. The first kappa shape index (κ1) is 22.1. The Morgan fingerprint density at radius 1 is 1.03 bits per heavy atom. The Balaban J connectivity index is 1.80. The summed E-state index contributed by atoms with van der Waals surface area (Å²) in [6.07, 6.45) is 5.38. The molecule has 0 radical (unpaired) electrons. The number of nitrogens with zero attached hydrogens (tertiary/aromatic N) is 1. The van der Waals surface area contributed by atoms with E-state index in [9.17, 15) is 15.0 Å². The van der Waals surface area contributed by atoms with Gasteiger partial charge in [-0.1, -0.05) is 12.5 Å². The molecular weight excluding hydrogens is 418 g/mol. The van der Waals surface area contributed by atoms with Crippen LogP contribution in [-0.4, -0.2) is 46.4 Å². The lowest BCUT2D eigenvalue weighted by Gasteiger charge is -2.60. The molecule has 176 valence electrons. The van der Waals surface area contributed by atoms with Gasteiger partial charge in [0.1, 0.15) is 11.9 Å². The average Bonchev–Trinajstić information content (AvgIpc) is 2.77. The number of ether oxygens (including phenoxy) is 2. The molecule has 2 saturated heterocycles. The van der Waals surface area contributed by atoms with Gasteiger partial charge in [-0.3, -0.25) is 9.69 Å². The van der Waals surface area contributed by atoms with Gasteiger partial charge in [-0.05, 0) is 80.6 Å². The average molecular weight is 452 g/mol. The van der Waals surface area contributed by atoms with E-state index < -0.39 is 5.54 Å². The minimum absolute atomic E-state index is 0.0676. The molecule has 6 heteroatoms. The molecule has 6 nitrogen and oxygen atoms in total. The molecule has 0 aliphatic carbocycles. The summed E-state index contributed by atoms with van der Waals surface area (Å²) in [5, 5.41) is 21.7. The topological polar surface area (TPSA) is 79.2 Å². The quantitative estimate of drug-likeness (QED) is 0.602. The maximum Gasteiger partial charge on any atom is 0.306 e. The molecule has 3 aliphatic rings. The number of phenols is 2. The lowest BCUT2D eigenvalue weighted by atomic mass is 9.68. The Kier molecular flexibility index (Phi) is 5.31. The molecule has 0 amide bonds. The molecule has 2 aromatic carbocycles. The van der Waals surface area contributed by atoms with E-state index in [4.69, 9.17) is 9.47 Å². The van der Waals surface area contributed by atoms with E-state index in [1.54, 1.807) is 12.1 Å². The van der Waals surface area contributed by atoms with Crippen molar-refractivity contribution in [2.45, 2.75) is 76.0 Å². The highest BCUT2D eigenvalue weighted by Crippen LogP contribution is 2.53. The SMILES string of the molecule is COc1cc2c(cc1O)[C@@]1(C)C[C@H](C[C@@]3(C)CCCCN31)OC(=O)CCc1ccc(O)c-2c1. The molecule has 3 atom stereocenters. The molecule has 5 rings (SSSR count). The Bertz CT molecular complexity index is 1100. The zero-order chi connectivity index (χ0) is 23.4. The second kappa shape index (κ2) is 7.94. The third kappa shape index (κ3) is 3.65. The number of phenolic OH excluding ortho intramolecular Hbond substituents is 2. The first-order valence-corrected chi connectivity index (χ1v) is 11.9. The van der Waals surface area contributed by atoms with Gasteiger partial charge in [-0.2, -0.15) is 0 Å². The van der Waals surface area contributed by atoms with E-state index in [-0.39, 0.29) is 29.1 Å². The summed E-state index contributed by atoms with van der Waals surface area (Å²) in [4.78, 5) is 15.3. The molecule has 0 saturated carbocycles. The molecule has 2 aromatic rings. The zero-order valence-corrected chi connectivity index (χ0v) is 19.7. The van der Waals surface area contributed by atoms with Crippen LogP contribution in [0, 0.1) is 0 Å². The number of hydrogen-bond donors (Lipinski definition) is 2. The smallest absolute Gasteiger partial charge is 0.306 e. The predicted molar refractivity (Wildman–Crippen MR) is 126 cm³/mol. The lowest BCUT2D eigenvalue weighted by Crippen LogP contribution is -2.64. The normalized spacial score (nSPS) is 29.7. The second-order valence-corrected chi connectivity index (χ2v) is 10.3. The van der Waals surface area contributed by atoms with E-state index >= 15 is 0 Å². The fourth-order valence-electron chi connectivity index (χ4n) is 6.54. The first-order valence-electron chi connectivity index (χ1n) is 11.9. The summed E-state index contributed by atoms with van der Waals surface area (Å²) < 4.78 is 11.5. The van der Waals surface area contributed by atoms with Crippen molar-refractivity contribution in [1.29, 1.82) is 0 Å². The Hall–Kier alpha value is -2.73. The molecular formula is C27H33NO5. The van der Waals surface area contributed by atoms with Crippen molar-refractivity contribution in [3.05, 3.63) is 41.5 Å². The highest BCUT2D eigenvalue weighted by atomic mass is 16.5. The Morgan fingerprint density at radius 2 is 1.85 bits per heavy atom. The van der Waals surface area contributed by atoms with E-state index in [1.165, 1.54) is 7.11 Å². The number of esters is 1. The van der Waals surface area contributed by atoms with E-state index in [2.05, 4.69) is 18.7 Å². The number of piperidine rings is 2. The van der Waals surface area contributed by atoms with Crippen molar-refractivity contribution in [3.63, 3.8) is 0 Å². The van der Waals surface area contributed by atoms with Crippen LogP contribution in [0.2, 0.25) is 0 Å². The van der Waals surface area contributed by atoms with E-state index in [1.807, 2.05) is 18.2 Å². The first-order chi connectivity index (χ1) is 15.7. The maximum absolute atomic E-state index is 12.8. The van der Waals surface area contributed by atoms with Crippen molar-refractivity contribution in [1.82, 2.24) is 4.90 Å². The number of benzene rings is 2. The lowest BCUT2D eigenvalue weighted by molar-refractivity contribution is -0.167. The zero-order valence-electron chi connectivity index (χ0n) is 19.7. The van der Waals surface area contributed by atoms with Gasteiger partial charge >= 0.3 is 5.97 Å². The monoisotopic (exact) mass is 451 g/mol. The molecule has 3 heterocycles. The summed E-state index contributed by atoms with van der Waals surface area (Å²) >= 11 is 0. The van der Waals surface area contributed by atoms with E-state index in [0.717, 1.165) is 48.9 Å². The third-order valence-corrected chi connectivity index (χ3v) is 8.05. The van der Waals surface area contributed by atoms with Crippen molar-refractivity contribution in [3.8, 4) is 28.4 Å². The standard InChI is InChI=1S/C27H33NO5/c1-26-10-4-5-11-28(26)27(2)16-18(15-26)33-25(31)9-7-17-6-8-22(29)20(12-17)19-13-24(32-3)23(30)14-21(19)27/h6,8,12-14,18,29-30H,4-5,7,9-11,15-16H2,1-3H3/t18-,26+,27+/m0/s1. The molecule has 4 bridgehead atoms. The third-order valence-electron chi connectivity index (χ3n) is 8.05. The number of aryl methyl sites for hydroxylation is 1. The van der Waals surface area contributed by atoms with Crippen molar-refractivity contribution >= 4 is 5.97 Å². The minimum atomic E-state index is -0.501. The molecule has 2 fully saturated rings. The van der Waals surface area contributed by atoms with Gasteiger partial charge in [-0.15, -0.1) is 0 Å². The molecule has 3 aliphatic heterocycles. The van der Waals surface area contributed by atoms with Gasteiger partial charge in [-0.25, -0.2) is 0 Å². The highest BCUT2D eigenvalue weighted by Gasteiger charge is 2.53. The Labute approximate surface area is 195 Å². The summed E-state index contributed by atoms with van der Waals surface area (Å²) in [6.45, 7) is 5.40. The fraction of sp³-hybridized carbons (Fsp3) is 0.519. The predicted octanol–water partition coefficient (Wildman–Crippen LogP) is 4.89. The van der Waals surface area contributed by atoms with Crippen LogP contribution in [0.15, 0.2) is 30.3 Å². The maximum atomic E-state index is 12.8. The van der Waals surface area contributed by atoms with Crippen LogP contribution in [-0.2, 0) is 21.5 Å². The minimum Gasteiger partial charge on any atom is -0.507 e. The van der Waals surface area contributed by atoms with Gasteiger partial charge in [0.25, 0.3) is 0 Å². The van der Waals surface area contributed by atoms with Crippen LogP contribution in [0.1, 0.15) is 63.5 Å². The number of carbonyl (C=O) groups is 1.